The summed E-state index contributed by atoms with van der Waals surface area (Å²) in [7, 11) is 0. The highest BCUT2D eigenvalue weighted by Crippen LogP contribution is 2.28. The first-order valence-corrected chi connectivity index (χ1v) is 10.4. The molecule has 1 N–H and O–H groups in total. The van der Waals surface area contributed by atoms with E-state index in [1.54, 1.807) is 25.7 Å². The number of carbonyl (C=O) groups excluding carboxylic acids is 3. The van der Waals surface area contributed by atoms with E-state index < -0.39 is 5.97 Å². The van der Waals surface area contributed by atoms with E-state index in [0.29, 0.717) is 67.6 Å². The largest absolute Gasteiger partial charge is 0.462 e. The van der Waals surface area contributed by atoms with Crippen molar-refractivity contribution in [3.63, 3.8) is 0 Å². The predicted molar refractivity (Wildman–Crippen MR) is 105 cm³/mol. The lowest BCUT2D eigenvalue weighted by molar-refractivity contribution is -0.133. The SMILES string of the molecule is CCOC(=O)c1c(C)[nH]c(C(=O)N2CCN(C(=O)CC3CCCC3)CC2)c1C. The highest BCUT2D eigenvalue weighted by atomic mass is 16.5. The molecule has 2 aliphatic rings. The monoisotopic (exact) mass is 389 g/mol. The molecule has 2 fully saturated rings. The van der Waals surface area contributed by atoms with Gasteiger partial charge < -0.3 is 19.5 Å². The second kappa shape index (κ2) is 8.80. The smallest absolute Gasteiger partial charge is 0.340 e. The van der Waals surface area contributed by atoms with E-state index in [-0.39, 0.29) is 11.8 Å². The van der Waals surface area contributed by atoms with E-state index in [1.807, 2.05) is 4.90 Å². The van der Waals surface area contributed by atoms with Gasteiger partial charge in [-0.05, 0) is 45.1 Å². The number of carbonyl (C=O) groups is 3. The van der Waals surface area contributed by atoms with Crippen molar-refractivity contribution in [2.45, 2.75) is 52.9 Å². The number of ether oxygens (including phenoxy) is 1. The van der Waals surface area contributed by atoms with Gasteiger partial charge in [0.1, 0.15) is 5.69 Å². The van der Waals surface area contributed by atoms with Crippen LogP contribution < -0.4 is 0 Å². The minimum absolute atomic E-state index is 0.126. The molecular weight excluding hydrogens is 358 g/mol. The Labute approximate surface area is 166 Å². The third-order valence-electron chi connectivity index (χ3n) is 5.99. The summed E-state index contributed by atoms with van der Waals surface area (Å²) in [6.07, 6.45) is 5.45. The first-order chi connectivity index (χ1) is 13.4. The van der Waals surface area contributed by atoms with Crippen LogP contribution in [-0.4, -0.2) is 65.4 Å². The molecule has 1 saturated carbocycles. The molecule has 2 amide bonds. The molecule has 1 aromatic heterocycles. The predicted octanol–water partition coefficient (Wildman–Crippen LogP) is 2.67. The highest BCUT2D eigenvalue weighted by molar-refractivity contribution is 6.00. The number of rotatable bonds is 5. The molecule has 0 unspecified atom stereocenters. The van der Waals surface area contributed by atoms with Crippen molar-refractivity contribution in [1.82, 2.24) is 14.8 Å². The number of nitrogens with one attached hydrogen (secondary N) is 1. The average molecular weight is 389 g/mol. The molecule has 7 nitrogen and oxygen atoms in total. The zero-order chi connectivity index (χ0) is 20.3. The third kappa shape index (κ3) is 4.23. The van der Waals surface area contributed by atoms with Gasteiger partial charge in [-0.2, -0.15) is 0 Å². The maximum absolute atomic E-state index is 13.0. The van der Waals surface area contributed by atoms with Crippen LogP contribution in [0.25, 0.3) is 0 Å². The molecule has 0 atom stereocenters. The van der Waals surface area contributed by atoms with Gasteiger partial charge in [0.05, 0.1) is 12.2 Å². The fourth-order valence-corrected chi connectivity index (χ4v) is 4.38. The lowest BCUT2D eigenvalue weighted by Gasteiger charge is -2.35. The molecule has 0 spiro atoms. The Hall–Kier alpha value is -2.31. The van der Waals surface area contributed by atoms with Crippen molar-refractivity contribution in [3.8, 4) is 0 Å². The highest BCUT2D eigenvalue weighted by Gasteiger charge is 2.30. The molecule has 2 heterocycles. The molecule has 1 saturated heterocycles. The van der Waals surface area contributed by atoms with Gasteiger partial charge >= 0.3 is 5.97 Å². The van der Waals surface area contributed by atoms with Crippen molar-refractivity contribution in [1.29, 1.82) is 0 Å². The summed E-state index contributed by atoms with van der Waals surface area (Å²) in [4.78, 5) is 44.3. The lowest BCUT2D eigenvalue weighted by atomic mass is 10.0. The Kier molecular flexibility index (Phi) is 6.42. The summed E-state index contributed by atoms with van der Waals surface area (Å²) >= 11 is 0. The van der Waals surface area contributed by atoms with E-state index in [2.05, 4.69) is 4.98 Å². The first-order valence-electron chi connectivity index (χ1n) is 10.4. The van der Waals surface area contributed by atoms with Crippen LogP contribution in [0.15, 0.2) is 0 Å². The summed E-state index contributed by atoms with van der Waals surface area (Å²) < 4.78 is 5.10. The van der Waals surface area contributed by atoms with E-state index in [9.17, 15) is 14.4 Å². The fraction of sp³-hybridized carbons (Fsp3) is 0.667. The van der Waals surface area contributed by atoms with Gasteiger partial charge in [0.15, 0.2) is 0 Å². The Balaban J connectivity index is 1.60. The summed E-state index contributed by atoms with van der Waals surface area (Å²) in [5, 5.41) is 0. The molecule has 28 heavy (non-hydrogen) atoms. The van der Waals surface area contributed by atoms with Crippen LogP contribution >= 0.6 is 0 Å². The standard InChI is InChI=1S/C21H31N3O4/c1-4-28-21(27)18-14(2)19(22-15(18)3)20(26)24-11-9-23(10-12-24)17(25)13-16-7-5-6-8-16/h16,22H,4-13H2,1-3H3. The van der Waals surface area contributed by atoms with Gasteiger partial charge in [-0.1, -0.05) is 12.8 Å². The molecular formula is C21H31N3O4. The number of esters is 1. The van der Waals surface area contributed by atoms with Crippen molar-refractivity contribution < 1.29 is 19.1 Å². The van der Waals surface area contributed by atoms with Crippen LogP contribution in [0.5, 0.6) is 0 Å². The maximum Gasteiger partial charge on any atom is 0.340 e. The van der Waals surface area contributed by atoms with Gasteiger partial charge in [0.25, 0.3) is 5.91 Å². The zero-order valence-corrected chi connectivity index (χ0v) is 17.2. The van der Waals surface area contributed by atoms with E-state index >= 15 is 0 Å². The first kappa shape index (κ1) is 20.4. The zero-order valence-electron chi connectivity index (χ0n) is 17.2. The van der Waals surface area contributed by atoms with Crippen LogP contribution in [0.3, 0.4) is 0 Å². The molecule has 1 aromatic rings. The number of hydrogen-bond donors (Lipinski definition) is 1. The van der Waals surface area contributed by atoms with E-state index in [4.69, 9.17) is 4.74 Å². The Bertz CT molecular complexity index is 741. The van der Waals surface area contributed by atoms with Crippen LogP contribution in [0.2, 0.25) is 0 Å². The van der Waals surface area contributed by atoms with Crippen LogP contribution in [-0.2, 0) is 9.53 Å². The third-order valence-corrected chi connectivity index (χ3v) is 5.99. The molecule has 7 heteroatoms. The van der Waals surface area contributed by atoms with Gasteiger partial charge in [0, 0.05) is 38.3 Å². The minimum Gasteiger partial charge on any atom is -0.462 e. The average Bonchev–Trinajstić information content (AvgIpc) is 3.29. The molecule has 0 radical (unpaired) electrons. The van der Waals surface area contributed by atoms with E-state index in [1.165, 1.54) is 25.7 Å². The molecule has 1 aliphatic carbocycles. The summed E-state index contributed by atoms with van der Waals surface area (Å²) in [6.45, 7) is 7.77. The van der Waals surface area contributed by atoms with Crippen LogP contribution in [0.1, 0.15) is 71.1 Å². The normalized spacial score (nSPS) is 17.8. The number of H-pyrrole nitrogens is 1. The van der Waals surface area contributed by atoms with Gasteiger partial charge in [0.2, 0.25) is 5.91 Å². The van der Waals surface area contributed by atoms with Crippen molar-refractivity contribution in [2.24, 2.45) is 5.92 Å². The summed E-state index contributed by atoms with van der Waals surface area (Å²) in [5.74, 6) is 0.225. The molecule has 0 aromatic carbocycles. The number of aryl methyl sites for hydroxylation is 1. The fourth-order valence-electron chi connectivity index (χ4n) is 4.38. The lowest BCUT2D eigenvalue weighted by Crippen LogP contribution is -2.51. The Morgan fingerprint density at radius 1 is 1.04 bits per heavy atom. The van der Waals surface area contributed by atoms with Crippen molar-refractivity contribution >= 4 is 17.8 Å². The quantitative estimate of drug-likeness (QED) is 0.785. The molecule has 3 rings (SSSR count). The molecule has 154 valence electrons. The number of hydrogen-bond acceptors (Lipinski definition) is 4. The number of aromatic amines is 1. The van der Waals surface area contributed by atoms with Crippen molar-refractivity contribution in [2.75, 3.05) is 32.8 Å². The minimum atomic E-state index is -0.407. The van der Waals surface area contributed by atoms with Crippen LogP contribution in [0, 0.1) is 19.8 Å². The second-order valence-electron chi connectivity index (χ2n) is 7.87. The Morgan fingerprint density at radius 2 is 1.64 bits per heavy atom. The van der Waals surface area contributed by atoms with Gasteiger partial charge in [-0.15, -0.1) is 0 Å². The Morgan fingerprint density at radius 3 is 2.25 bits per heavy atom. The number of aromatic nitrogens is 1. The molecule has 0 bridgehead atoms. The maximum atomic E-state index is 13.0. The van der Waals surface area contributed by atoms with E-state index in [0.717, 1.165) is 0 Å². The van der Waals surface area contributed by atoms with Gasteiger partial charge in [-0.3, -0.25) is 9.59 Å². The topological polar surface area (TPSA) is 82.7 Å². The van der Waals surface area contributed by atoms with Gasteiger partial charge in [-0.25, -0.2) is 4.79 Å². The molecule has 1 aliphatic heterocycles. The summed E-state index contributed by atoms with van der Waals surface area (Å²) in [6, 6.07) is 0. The van der Waals surface area contributed by atoms with Crippen LogP contribution in [0.4, 0.5) is 0 Å². The number of piperazine rings is 1. The van der Waals surface area contributed by atoms with Crippen molar-refractivity contribution in [3.05, 3.63) is 22.5 Å². The number of nitrogens with zero attached hydrogens (tertiary/aromatic N) is 2. The summed E-state index contributed by atoms with van der Waals surface area (Å²) in [5.41, 5.74) is 2.15. The second-order valence-corrected chi connectivity index (χ2v) is 7.87. The number of amides is 2.